The maximum absolute atomic E-state index is 13.8. The molecule has 0 unspecified atom stereocenters. The Morgan fingerprint density at radius 2 is 0.784 bits per heavy atom. The fourth-order valence-corrected chi connectivity index (χ4v) is 13.0. The summed E-state index contributed by atoms with van der Waals surface area (Å²) >= 11 is 0. The summed E-state index contributed by atoms with van der Waals surface area (Å²) in [4.78, 5) is 81.0. The van der Waals surface area contributed by atoms with Gasteiger partial charge in [-0.2, -0.15) is 0 Å². The van der Waals surface area contributed by atoms with Gasteiger partial charge in [0, 0.05) is 76.5 Å². The average Bonchev–Trinajstić information content (AvgIpc) is 1.67. The number of benzene rings is 6. The highest BCUT2D eigenvalue weighted by atomic mass is 32.2. The van der Waals surface area contributed by atoms with Crippen LogP contribution in [0.15, 0.2) is 109 Å². The summed E-state index contributed by atoms with van der Waals surface area (Å²) in [6.45, 7) is 13.7. The first kappa shape index (κ1) is 58.8. The Balaban J connectivity index is 0.000000231. The molecule has 21 nitrogen and oxygen atoms in total. The van der Waals surface area contributed by atoms with E-state index in [1.165, 1.54) is 82.3 Å². The van der Waals surface area contributed by atoms with Crippen molar-refractivity contribution in [2.75, 3.05) is 73.0 Å². The van der Waals surface area contributed by atoms with Gasteiger partial charge in [0.25, 0.3) is 17.7 Å². The number of amides is 6. The molecule has 3 saturated carbocycles. The Morgan fingerprint density at radius 3 is 1.12 bits per heavy atom. The van der Waals surface area contributed by atoms with Crippen LogP contribution in [0.25, 0.3) is 0 Å². The van der Waals surface area contributed by atoms with Crippen LogP contribution in [0.4, 0.5) is 17.1 Å². The Kier molecular flexibility index (Phi) is 20.5. The number of carbonyl (C=O) groups excluding carboxylic acids is 6. The second-order valence-corrected chi connectivity index (χ2v) is 29.0. The molecule has 24 heteroatoms. The number of ether oxygens (including phenoxy) is 3. The van der Waals surface area contributed by atoms with E-state index in [1.807, 2.05) is 13.8 Å². The summed E-state index contributed by atoms with van der Waals surface area (Å²) in [7, 11) is -11.5. The minimum Gasteiger partial charge on any atom is -0.496 e. The topological polar surface area (TPSA) is 278 Å². The molecule has 6 aliphatic rings. The van der Waals surface area contributed by atoms with Crippen LogP contribution in [0.5, 0.6) is 17.2 Å². The fourth-order valence-electron chi connectivity index (χ4n) is 11.3. The molecule has 6 aromatic carbocycles. The van der Waals surface area contributed by atoms with Crippen LogP contribution in [-0.4, -0.2) is 132 Å². The fraction of sp³-hybridized carbons (Fsp3) is 0.462. The van der Waals surface area contributed by atoms with Crippen LogP contribution in [0, 0.1) is 38.5 Å². The van der Waals surface area contributed by atoms with Gasteiger partial charge in [-0.15, -0.1) is 0 Å². The van der Waals surface area contributed by atoms with Crippen molar-refractivity contribution >= 4 is 82.0 Å². The van der Waals surface area contributed by atoms with Gasteiger partial charge >= 0.3 is 0 Å². The molecule has 0 spiro atoms. The molecular weight excluding hydrogens is 1360 g/mol. The molecule has 12 rings (SSSR count). The Labute approximate surface area is 627 Å². The van der Waals surface area contributed by atoms with Gasteiger partial charge in [0.15, 0.2) is 0 Å². The third-order valence-corrected chi connectivity index (χ3v) is 18.0. The number of nitrogens with zero attached hydrogens (tertiary/aromatic N) is 3. The first-order chi connectivity index (χ1) is 55.3. The lowest BCUT2D eigenvalue weighted by atomic mass is 10.0. The monoisotopic (exact) mass is 1480 g/mol. The minimum atomic E-state index is -5.64. The summed E-state index contributed by atoms with van der Waals surface area (Å²) < 4.78 is 226. The van der Waals surface area contributed by atoms with Crippen LogP contribution in [0.2, 0.25) is 0 Å². The number of aryl methyl sites for hydroxylation is 3. The molecule has 3 aliphatic heterocycles. The van der Waals surface area contributed by atoms with Gasteiger partial charge in [0.1, 0.15) is 46.8 Å². The Bertz CT molecular complexity index is 5120. The van der Waals surface area contributed by atoms with Crippen LogP contribution >= 0.6 is 0 Å². The molecule has 0 radical (unpaired) electrons. The van der Waals surface area contributed by atoms with Gasteiger partial charge in [0.05, 0.1) is 93.1 Å². The van der Waals surface area contributed by atoms with Crippen LogP contribution in [0.1, 0.15) is 222 Å². The zero-order valence-electron chi connectivity index (χ0n) is 76.0. The zero-order valence-corrected chi connectivity index (χ0v) is 61.4. The normalized spacial score (nSPS) is 19.5. The first-order valence-electron chi connectivity index (χ1n) is 42.2. The van der Waals surface area contributed by atoms with Gasteiger partial charge < -0.3 is 44.9 Å². The van der Waals surface area contributed by atoms with Crippen LogP contribution in [0.3, 0.4) is 0 Å². The van der Waals surface area contributed by atoms with Crippen molar-refractivity contribution in [1.82, 2.24) is 14.7 Å². The van der Waals surface area contributed by atoms with E-state index in [9.17, 15) is 56.8 Å². The third-order valence-electron chi connectivity index (χ3n) is 16.3. The lowest BCUT2D eigenvalue weighted by Crippen LogP contribution is -2.34. The smallest absolute Gasteiger partial charge is 0.257 e. The number of rotatable bonds is 21. The number of sulfone groups is 3. The molecule has 3 atom stereocenters. The molecule has 552 valence electrons. The van der Waals surface area contributed by atoms with Gasteiger partial charge in [-0.1, -0.05) is 134 Å². The van der Waals surface area contributed by atoms with E-state index in [0.29, 0.717) is 75.0 Å². The van der Waals surface area contributed by atoms with E-state index in [-0.39, 0.29) is 99.9 Å². The zero-order chi connectivity index (χ0) is 89.5. The molecule has 0 bridgehead atoms. The number of carbonyl (C=O) groups is 6. The molecule has 6 aromatic rings. The molecule has 0 aromatic heterocycles. The summed E-state index contributed by atoms with van der Waals surface area (Å²) in [5.74, 6) is -3.17. The molecule has 3 aliphatic carbocycles. The average molecular weight is 1480 g/mol. The summed E-state index contributed by atoms with van der Waals surface area (Å²) in [5, 5.41) is 8.21. The van der Waals surface area contributed by atoms with Gasteiger partial charge in [0.2, 0.25) is 17.7 Å². The maximum Gasteiger partial charge on any atom is 0.257 e. The molecule has 6 amide bonds. The van der Waals surface area contributed by atoms with Crippen molar-refractivity contribution in [1.29, 1.82) is 0 Å². The Morgan fingerprint density at radius 1 is 0.471 bits per heavy atom. The largest absolute Gasteiger partial charge is 0.496 e. The number of anilines is 3. The number of methoxy groups -OCH3 is 3. The maximum atomic E-state index is 13.8. The molecule has 0 saturated heterocycles. The van der Waals surface area contributed by atoms with Crippen molar-refractivity contribution in [3.8, 4) is 17.2 Å². The molecule has 3 fully saturated rings. The lowest BCUT2D eigenvalue weighted by Gasteiger charge is -2.28. The van der Waals surface area contributed by atoms with E-state index >= 15 is 0 Å². The molecule has 102 heavy (non-hydrogen) atoms. The highest BCUT2D eigenvalue weighted by Gasteiger charge is 2.42. The van der Waals surface area contributed by atoms with E-state index in [1.54, 1.807) is 75.4 Å². The van der Waals surface area contributed by atoms with E-state index in [2.05, 4.69) is 29.8 Å². The van der Waals surface area contributed by atoms with Crippen LogP contribution in [-0.2, 0) is 63.5 Å². The summed E-state index contributed by atoms with van der Waals surface area (Å²) in [5.41, 5.74) is -3.32. The predicted molar refractivity (Wildman–Crippen MR) is 401 cm³/mol. The highest BCUT2D eigenvalue weighted by molar-refractivity contribution is 7.91. The quantitative estimate of drug-likeness (QED) is 0.0604. The van der Waals surface area contributed by atoms with Crippen molar-refractivity contribution in [3.63, 3.8) is 0 Å². The van der Waals surface area contributed by atoms with E-state index < -0.39 is 101 Å². The third kappa shape index (κ3) is 21.5. The predicted octanol–water partition coefficient (Wildman–Crippen LogP) is 13.5. The van der Waals surface area contributed by atoms with Crippen molar-refractivity contribution in [3.05, 3.63) is 176 Å². The van der Waals surface area contributed by atoms with E-state index in [0.717, 1.165) is 61.2 Å². The van der Waals surface area contributed by atoms with Crippen LogP contribution < -0.4 is 30.2 Å². The van der Waals surface area contributed by atoms with Gasteiger partial charge in [-0.05, 0) is 146 Å². The highest BCUT2D eigenvalue weighted by Crippen LogP contribution is 2.42. The van der Waals surface area contributed by atoms with Crippen molar-refractivity contribution in [2.24, 2.45) is 17.8 Å². The van der Waals surface area contributed by atoms with E-state index in [4.69, 9.17) is 34.8 Å². The molecular formula is C78H102N6O15S3. The number of fused-ring (bicyclic) bond motifs is 3. The standard InChI is InChI=1S/3C23H26N2O5S.3C3H8/c3*1-14-11-16(9-10-20(14)30-2)19(13-31(3,28)29)25-12-17-5-4-6-18(21(17)23(25)27)24-22(26)15-7-8-15;3*1-3-2/h3*4-6,9-11,15,19H,7-8,12-13H2,1-3H3,(H,24,26);3*3H2,1-2H3/t3*19-;;;/m111.../s1/i3D3,13D2,19D;3D3,19D;3D3,13D2;2*1D;. The number of nitrogens with one attached hydrogen (secondary N) is 3. The lowest BCUT2D eigenvalue weighted by molar-refractivity contribution is -0.118. The minimum absolute atomic E-state index is 0.000408. The molecule has 3 heterocycles. The SMILES string of the molecule is CCC.[2H]C([2H])([2H])S(=O)(=O)C([2H])([2H])[C@H](c1ccc(OC)c(C)c1)N1Cc2cccc(NC(=O)C3CC3)c2C1=O.[2H]C([2H])([2H])S(=O)(=O)C([2H])([2H])[C@]([2H])(c1ccc(OC)c(C)c1)N1Cc2cccc(NC(=O)C3CC3)c2C1=O.[2H]C([2H])([2H])S(=O)(=O)C[C@]([2H])(c1ccc(OC)c(C)c1)N1Cc2cccc(NC(=O)C3CC3)c2C1=O.[2H]CCC.[2H]CCC. The number of hydrogen-bond donors (Lipinski definition) is 3. The number of hydrogen-bond acceptors (Lipinski definition) is 15. The summed E-state index contributed by atoms with van der Waals surface area (Å²) in [6, 6.07) is 20.1. The van der Waals surface area contributed by atoms with Gasteiger partial charge in [-0.3, -0.25) is 28.8 Å². The first-order valence-corrected chi connectivity index (χ1v) is 37.9. The van der Waals surface area contributed by atoms with Crippen molar-refractivity contribution in [2.45, 2.75) is 158 Å². The second-order valence-electron chi connectivity index (χ2n) is 25.0. The van der Waals surface area contributed by atoms with Gasteiger partial charge in [-0.25, -0.2) is 25.3 Å². The Hall–Kier alpha value is -8.61. The summed E-state index contributed by atoms with van der Waals surface area (Å²) in [6.07, 6.45) is -3.08. The molecule has 3 N–H and O–H groups in total. The van der Waals surface area contributed by atoms with Crippen molar-refractivity contribution < 1.29 is 91.5 Å². The second kappa shape index (κ2) is 35.5.